The van der Waals surface area contributed by atoms with Crippen LogP contribution in [0.4, 0.5) is 10.7 Å². The van der Waals surface area contributed by atoms with E-state index in [9.17, 15) is 4.79 Å². The lowest BCUT2D eigenvalue weighted by Crippen LogP contribution is -2.33. The summed E-state index contributed by atoms with van der Waals surface area (Å²) in [7, 11) is 0. The van der Waals surface area contributed by atoms with Crippen LogP contribution in [0.1, 0.15) is 24.4 Å². The molecule has 0 aliphatic carbocycles. The zero-order valence-electron chi connectivity index (χ0n) is 13.1. The van der Waals surface area contributed by atoms with E-state index in [0.717, 1.165) is 5.56 Å². The van der Waals surface area contributed by atoms with Gasteiger partial charge in [0.2, 0.25) is 0 Å². The average Bonchev–Trinajstić information content (AvgIpc) is 3.01. The van der Waals surface area contributed by atoms with Crippen molar-refractivity contribution < 1.29 is 9.90 Å². The summed E-state index contributed by atoms with van der Waals surface area (Å²) in [6.07, 6.45) is 3.01. The third-order valence-electron chi connectivity index (χ3n) is 3.62. The highest BCUT2D eigenvalue weighted by molar-refractivity contribution is 5.87. The van der Waals surface area contributed by atoms with Gasteiger partial charge in [0, 0.05) is 12.8 Å². The molecule has 0 saturated heterocycles. The van der Waals surface area contributed by atoms with E-state index in [0.29, 0.717) is 18.5 Å². The minimum Gasteiger partial charge on any atom is -0.396 e. The van der Waals surface area contributed by atoms with Crippen molar-refractivity contribution >= 4 is 17.6 Å². The predicted octanol–water partition coefficient (Wildman–Crippen LogP) is 2.36. The van der Waals surface area contributed by atoms with Gasteiger partial charge in [0.1, 0.15) is 0 Å². The van der Waals surface area contributed by atoms with Crippen LogP contribution in [0.25, 0.3) is 5.65 Å². The molecule has 0 saturated carbocycles. The molecule has 2 amide bonds. The number of pyridine rings is 1. The monoisotopic (exact) mass is 325 g/mol. The van der Waals surface area contributed by atoms with Crippen molar-refractivity contribution in [2.45, 2.75) is 18.9 Å². The van der Waals surface area contributed by atoms with Crippen LogP contribution in [0, 0.1) is 0 Å². The summed E-state index contributed by atoms with van der Waals surface area (Å²) in [6.45, 7) is 0.0840. The Morgan fingerprint density at radius 3 is 2.71 bits per heavy atom. The number of carbonyl (C=O) groups excluding carboxylic acids is 1. The van der Waals surface area contributed by atoms with Crippen molar-refractivity contribution in [1.82, 2.24) is 19.9 Å². The van der Waals surface area contributed by atoms with E-state index in [-0.39, 0.29) is 24.6 Å². The summed E-state index contributed by atoms with van der Waals surface area (Å²) < 4.78 is 1.59. The fourth-order valence-electron chi connectivity index (χ4n) is 2.48. The number of aliphatic hydroxyl groups is 1. The largest absolute Gasteiger partial charge is 0.396 e. The number of aromatic nitrogens is 3. The van der Waals surface area contributed by atoms with Gasteiger partial charge in [-0.15, -0.1) is 5.10 Å². The van der Waals surface area contributed by atoms with Crippen LogP contribution < -0.4 is 10.6 Å². The van der Waals surface area contributed by atoms with Crippen LogP contribution in [-0.2, 0) is 0 Å². The summed E-state index contributed by atoms with van der Waals surface area (Å²) in [5, 5.41) is 18.8. The zero-order valence-corrected chi connectivity index (χ0v) is 13.1. The molecule has 3 aromatic rings. The van der Waals surface area contributed by atoms with Gasteiger partial charge in [-0.1, -0.05) is 36.4 Å². The van der Waals surface area contributed by atoms with Gasteiger partial charge in [-0.2, -0.15) is 4.98 Å². The molecule has 0 aliphatic heterocycles. The van der Waals surface area contributed by atoms with Gasteiger partial charge in [0.05, 0.1) is 6.04 Å². The normalized spacial score (nSPS) is 12.0. The van der Waals surface area contributed by atoms with E-state index in [4.69, 9.17) is 5.11 Å². The minimum absolute atomic E-state index is 0.0840. The highest BCUT2D eigenvalue weighted by Gasteiger charge is 2.15. The Bertz CT molecular complexity index is 770. The quantitative estimate of drug-likeness (QED) is 0.649. The molecule has 0 radical (unpaired) electrons. The highest BCUT2D eigenvalue weighted by Crippen LogP contribution is 2.18. The number of hydrogen-bond donors (Lipinski definition) is 3. The lowest BCUT2D eigenvalue weighted by Gasteiger charge is -2.18. The van der Waals surface area contributed by atoms with Crippen molar-refractivity contribution in [3.05, 3.63) is 60.3 Å². The third kappa shape index (κ3) is 3.88. The van der Waals surface area contributed by atoms with Gasteiger partial charge >= 0.3 is 6.03 Å². The van der Waals surface area contributed by atoms with Crippen LogP contribution in [0.5, 0.6) is 0 Å². The number of nitrogens with one attached hydrogen (secondary N) is 2. The zero-order chi connectivity index (χ0) is 16.8. The molecule has 0 unspecified atom stereocenters. The number of rotatable bonds is 6. The van der Waals surface area contributed by atoms with E-state index in [1.54, 1.807) is 10.7 Å². The number of hydrogen-bond acceptors (Lipinski definition) is 4. The lowest BCUT2D eigenvalue weighted by molar-refractivity contribution is 0.243. The Morgan fingerprint density at radius 1 is 1.17 bits per heavy atom. The second kappa shape index (κ2) is 7.56. The van der Waals surface area contributed by atoms with E-state index >= 15 is 0 Å². The van der Waals surface area contributed by atoms with Gasteiger partial charge in [0.15, 0.2) is 5.65 Å². The first kappa shape index (κ1) is 15.9. The lowest BCUT2D eigenvalue weighted by atomic mass is 10.0. The molecular formula is C17H19N5O2. The van der Waals surface area contributed by atoms with Crippen molar-refractivity contribution in [2.24, 2.45) is 0 Å². The van der Waals surface area contributed by atoms with E-state index < -0.39 is 0 Å². The number of aliphatic hydroxyl groups excluding tert-OH is 1. The van der Waals surface area contributed by atoms with Crippen LogP contribution in [-0.4, -0.2) is 32.3 Å². The SMILES string of the molecule is O=C(Nc1nc2ccccn2n1)N[C@H](CCCO)c1ccccc1. The summed E-state index contributed by atoms with van der Waals surface area (Å²) >= 11 is 0. The maximum absolute atomic E-state index is 12.3. The first-order valence-corrected chi connectivity index (χ1v) is 7.81. The van der Waals surface area contributed by atoms with Gasteiger partial charge in [-0.3, -0.25) is 5.32 Å². The van der Waals surface area contributed by atoms with Gasteiger partial charge < -0.3 is 10.4 Å². The molecule has 0 fully saturated rings. The molecule has 3 rings (SSSR count). The Kier molecular flexibility index (Phi) is 5.02. The Labute approximate surface area is 139 Å². The fraction of sp³-hybridized carbons (Fsp3) is 0.235. The second-order valence-electron chi connectivity index (χ2n) is 5.37. The van der Waals surface area contributed by atoms with Crippen LogP contribution >= 0.6 is 0 Å². The number of nitrogens with zero attached hydrogens (tertiary/aromatic N) is 3. The molecular weight excluding hydrogens is 306 g/mol. The molecule has 24 heavy (non-hydrogen) atoms. The predicted molar refractivity (Wildman–Crippen MR) is 90.6 cm³/mol. The van der Waals surface area contributed by atoms with Crippen molar-refractivity contribution in [1.29, 1.82) is 0 Å². The smallest absolute Gasteiger partial charge is 0.322 e. The molecule has 2 aromatic heterocycles. The summed E-state index contributed by atoms with van der Waals surface area (Å²) in [5.74, 6) is 0.243. The molecule has 3 N–H and O–H groups in total. The van der Waals surface area contributed by atoms with Crippen molar-refractivity contribution in [3.8, 4) is 0 Å². The summed E-state index contributed by atoms with van der Waals surface area (Å²) in [4.78, 5) is 16.5. The van der Waals surface area contributed by atoms with Crippen molar-refractivity contribution in [3.63, 3.8) is 0 Å². The molecule has 7 heteroatoms. The Morgan fingerprint density at radius 2 is 1.96 bits per heavy atom. The van der Waals surface area contributed by atoms with Gasteiger partial charge in [-0.05, 0) is 30.5 Å². The van der Waals surface area contributed by atoms with E-state index in [1.807, 2.05) is 48.5 Å². The molecule has 0 aliphatic rings. The summed E-state index contributed by atoms with van der Waals surface area (Å²) in [5.41, 5.74) is 1.65. The van der Waals surface area contributed by atoms with Crippen LogP contribution in [0.15, 0.2) is 54.7 Å². The standard InChI is InChI=1S/C17H19N5O2/c23-12-6-9-14(13-7-2-1-3-8-13)18-17(24)20-16-19-15-10-4-5-11-22(15)21-16/h1-5,7-8,10-11,14,23H,6,9,12H2,(H2,18,20,21,24)/t14-/m1/s1. The average molecular weight is 325 g/mol. The van der Waals surface area contributed by atoms with Gasteiger partial charge in [-0.25, -0.2) is 9.31 Å². The maximum Gasteiger partial charge on any atom is 0.322 e. The Hall–Kier alpha value is -2.93. The van der Waals surface area contributed by atoms with Crippen LogP contribution in [0.2, 0.25) is 0 Å². The third-order valence-corrected chi connectivity index (χ3v) is 3.62. The molecule has 1 atom stereocenters. The summed E-state index contributed by atoms with van der Waals surface area (Å²) in [6, 6.07) is 14.6. The van der Waals surface area contributed by atoms with E-state index in [2.05, 4.69) is 20.7 Å². The topological polar surface area (TPSA) is 91.6 Å². The molecule has 7 nitrogen and oxygen atoms in total. The number of fused-ring (bicyclic) bond motifs is 1. The number of benzene rings is 1. The fourth-order valence-corrected chi connectivity index (χ4v) is 2.48. The number of amides is 2. The molecule has 1 aromatic carbocycles. The Balaban J connectivity index is 1.68. The van der Waals surface area contributed by atoms with Crippen molar-refractivity contribution in [2.75, 3.05) is 11.9 Å². The number of urea groups is 1. The number of anilines is 1. The van der Waals surface area contributed by atoms with E-state index in [1.165, 1.54) is 0 Å². The highest BCUT2D eigenvalue weighted by atomic mass is 16.3. The molecule has 0 bridgehead atoms. The minimum atomic E-state index is -0.377. The first-order valence-electron chi connectivity index (χ1n) is 7.81. The van der Waals surface area contributed by atoms with Gasteiger partial charge in [0.25, 0.3) is 5.95 Å². The maximum atomic E-state index is 12.3. The number of carbonyl (C=O) groups is 1. The first-order chi connectivity index (χ1) is 11.8. The molecule has 0 spiro atoms. The molecule has 124 valence electrons. The van der Waals surface area contributed by atoms with Crippen LogP contribution in [0.3, 0.4) is 0 Å². The molecule has 2 heterocycles. The second-order valence-corrected chi connectivity index (χ2v) is 5.37.